The maximum absolute atomic E-state index is 4.40. The van der Waals surface area contributed by atoms with Gasteiger partial charge in [-0.3, -0.25) is 4.99 Å². The van der Waals surface area contributed by atoms with Crippen molar-refractivity contribution in [1.29, 1.82) is 0 Å². The number of aryl methyl sites for hydroxylation is 1. The van der Waals surface area contributed by atoms with Gasteiger partial charge in [-0.1, -0.05) is 25.3 Å². The molecule has 0 aliphatic heterocycles. The minimum atomic E-state index is 0. The Kier molecular flexibility index (Phi) is 8.90. The van der Waals surface area contributed by atoms with Gasteiger partial charge in [-0.25, -0.2) is 4.98 Å². The monoisotopic (exact) mass is 487 g/mol. The Morgan fingerprint density at radius 3 is 2.81 bits per heavy atom. The van der Waals surface area contributed by atoms with Gasteiger partial charge in [0.1, 0.15) is 0 Å². The quantitative estimate of drug-likeness (QED) is 0.269. The largest absolute Gasteiger partial charge is 0.356 e. The van der Waals surface area contributed by atoms with Gasteiger partial charge in [0.05, 0.1) is 6.33 Å². The number of aliphatic imine (C=N–C) groups is 1. The molecule has 2 aromatic rings. The van der Waals surface area contributed by atoms with E-state index >= 15 is 0 Å². The van der Waals surface area contributed by atoms with Crippen LogP contribution in [0.2, 0.25) is 0 Å². The van der Waals surface area contributed by atoms with Crippen LogP contribution in [0.5, 0.6) is 0 Å². The average molecular weight is 487 g/mol. The Balaban J connectivity index is 0.00000243. The summed E-state index contributed by atoms with van der Waals surface area (Å²) in [4.78, 5) is 9.99. The molecule has 0 saturated heterocycles. The van der Waals surface area contributed by atoms with Crippen molar-refractivity contribution in [2.45, 2.75) is 50.5 Å². The van der Waals surface area contributed by atoms with E-state index in [0.717, 1.165) is 32.0 Å². The van der Waals surface area contributed by atoms with E-state index in [9.17, 15) is 0 Å². The summed E-state index contributed by atoms with van der Waals surface area (Å²) in [5.74, 6) is 0.909. The van der Waals surface area contributed by atoms with Crippen molar-refractivity contribution in [3.63, 3.8) is 0 Å². The molecule has 7 heteroatoms. The lowest BCUT2D eigenvalue weighted by atomic mass is 9.73. The van der Waals surface area contributed by atoms with Crippen LogP contribution in [-0.2, 0) is 12.0 Å². The van der Waals surface area contributed by atoms with Crippen molar-refractivity contribution in [2.24, 2.45) is 4.99 Å². The van der Waals surface area contributed by atoms with Crippen LogP contribution in [0.25, 0.3) is 0 Å². The lowest BCUT2D eigenvalue weighted by Crippen LogP contribution is -2.46. The van der Waals surface area contributed by atoms with Crippen LogP contribution in [0, 0.1) is 0 Å². The number of hydrogen-bond acceptors (Lipinski definition) is 3. The van der Waals surface area contributed by atoms with E-state index in [1.807, 2.05) is 37.1 Å². The summed E-state index contributed by atoms with van der Waals surface area (Å²) in [5, 5.41) is 9.23. The minimum absolute atomic E-state index is 0. The number of aromatic nitrogens is 2. The van der Waals surface area contributed by atoms with E-state index in [4.69, 9.17) is 0 Å². The van der Waals surface area contributed by atoms with Gasteiger partial charge >= 0.3 is 0 Å². The maximum Gasteiger partial charge on any atom is 0.191 e. The van der Waals surface area contributed by atoms with E-state index in [0.29, 0.717) is 0 Å². The molecule has 1 fully saturated rings. The molecule has 144 valence electrons. The maximum atomic E-state index is 4.40. The SMILES string of the molecule is CN=C(NCCCn1ccnc1)NCC1(c2cccs2)CCCCC1.I. The molecule has 1 saturated carbocycles. The predicted octanol–water partition coefficient (Wildman–Crippen LogP) is 4.02. The van der Waals surface area contributed by atoms with Gasteiger partial charge in [0.15, 0.2) is 5.96 Å². The summed E-state index contributed by atoms with van der Waals surface area (Å²) in [5.41, 5.74) is 0.279. The Morgan fingerprint density at radius 2 is 2.15 bits per heavy atom. The molecule has 26 heavy (non-hydrogen) atoms. The fourth-order valence-electron chi connectivity index (χ4n) is 3.68. The molecule has 0 aromatic carbocycles. The number of imidazole rings is 1. The molecule has 0 amide bonds. The zero-order valence-electron chi connectivity index (χ0n) is 15.5. The summed E-state index contributed by atoms with van der Waals surface area (Å²) in [6, 6.07) is 4.48. The van der Waals surface area contributed by atoms with Crippen molar-refractivity contribution in [3.05, 3.63) is 41.1 Å². The summed E-state index contributed by atoms with van der Waals surface area (Å²) < 4.78 is 2.10. The van der Waals surface area contributed by atoms with Crippen molar-refractivity contribution < 1.29 is 0 Å². The summed E-state index contributed by atoms with van der Waals surface area (Å²) >= 11 is 1.90. The summed E-state index contributed by atoms with van der Waals surface area (Å²) in [6.07, 6.45) is 13.3. The van der Waals surface area contributed by atoms with Crippen LogP contribution in [0.1, 0.15) is 43.4 Å². The fourth-order valence-corrected chi connectivity index (χ4v) is 4.67. The molecule has 3 rings (SSSR count). The lowest BCUT2D eigenvalue weighted by molar-refractivity contribution is 0.296. The van der Waals surface area contributed by atoms with E-state index < -0.39 is 0 Å². The first-order valence-corrected chi connectivity index (χ1v) is 10.1. The van der Waals surface area contributed by atoms with Crippen LogP contribution in [0.3, 0.4) is 0 Å². The molecule has 0 bridgehead atoms. The molecule has 2 heterocycles. The number of halogens is 1. The van der Waals surface area contributed by atoms with Crippen molar-refractivity contribution in [1.82, 2.24) is 20.2 Å². The first-order valence-electron chi connectivity index (χ1n) is 9.27. The molecule has 5 nitrogen and oxygen atoms in total. The molecule has 1 aliphatic carbocycles. The van der Waals surface area contributed by atoms with Gasteiger partial charge in [-0.2, -0.15) is 0 Å². The van der Waals surface area contributed by atoms with Crippen LogP contribution in [0.15, 0.2) is 41.2 Å². The Hall–Kier alpha value is -1.09. The van der Waals surface area contributed by atoms with E-state index in [1.54, 1.807) is 0 Å². The zero-order valence-corrected chi connectivity index (χ0v) is 18.6. The zero-order chi connectivity index (χ0) is 17.4. The number of nitrogens with zero attached hydrogens (tertiary/aromatic N) is 3. The van der Waals surface area contributed by atoms with Crippen LogP contribution in [-0.4, -0.2) is 35.6 Å². The number of guanidine groups is 1. The molecule has 1 aliphatic rings. The molecule has 0 unspecified atom stereocenters. The highest BCUT2D eigenvalue weighted by atomic mass is 127. The Morgan fingerprint density at radius 1 is 1.31 bits per heavy atom. The first-order chi connectivity index (χ1) is 12.3. The standard InChI is InChI=1S/C19H29N5S.HI/c1-20-18(22-10-6-12-24-13-11-21-16-24)23-15-19(8-3-2-4-9-19)17-7-5-14-25-17;/h5,7,11,13-14,16H,2-4,6,8-10,12,15H2,1H3,(H2,20,22,23);1H. The van der Waals surface area contributed by atoms with Gasteiger partial charge in [-0.15, -0.1) is 35.3 Å². The van der Waals surface area contributed by atoms with Gasteiger partial charge in [0.25, 0.3) is 0 Å². The first kappa shape index (κ1) is 21.2. The lowest BCUT2D eigenvalue weighted by Gasteiger charge is -2.37. The number of thiophene rings is 1. The molecule has 0 radical (unpaired) electrons. The van der Waals surface area contributed by atoms with Crippen molar-refractivity contribution >= 4 is 41.3 Å². The number of rotatable bonds is 7. The Bertz CT molecular complexity index is 633. The van der Waals surface area contributed by atoms with E-state index in [2.05, 4.69) is 42.7 Å². The van der Waals surface area contributed by atoms with Crippen LogP contribution < -0.4 is 10.6 Å². The number of nitrogens with one attached hydrogen (secondary N) is 2. The summed E-state index contributed by atoms with van der Waals surface area (Å²) in [7, 11) is 1.85. The van der Waals surface area contributed by atoms with Crippen molar-refractivity contribution in [2.75, 3.05) is 20.1 Å². The fraction of sp³-hybridized carbons (Fsp3) is 0.579. The minimum Gasteiger partial charge on any atom is -0.356 e. The smallest absolute Gasteiger partial charge is 0.191 e. The molecule has 0 spiro atoms. The topological polar surface area (TPSA) is 54.2 Å². The molecular formula is C19H30IN5S. The Labute approximate surface area is 177 Å². The highest BCUT2D eigenvalue weighted by Crippen LogP contribution is 2.41. The normalized spacial score (nSPS) is 16.7. The third-order valence-electron chi connectivity index (χ3n) is 5.12. The second kappa shape index (κ2) is 10.9. The highest BCUT2D eigenvalue weighted by molar-refractivity contribution is 14.0. The van der Waals surface area contributed by atoms with Crippen LogP contribution in [0.4, 0.5) is 0 Å². The second-order valence-electron chi connectivity index (χ2n) is 6.82. The van der Waals surface area contributed by atoms with Crippen molar-refractivity contribution in [3.8, 4) is 0 Å². The second-order valence-corrected chi connectivity index (χ2v) is 7.77. The predicted molar refractivity (Wildman–Crippen MR) is 121 cm³/mol. The van der Waals surface area contributed by atoms with Gasteiger partial charge in [0, 0.05) is 49.4 Å². The third kappa shape index (κ3) is 5.70. The summed E-state index contributed by atoms with van der Waals surface area (Å²) in [6.45, 7) is 2.85. The van der Waals surface area contributed by atoms with Gasteiger partial charge < -0.3 is 15.2 Å². The third-order valence-corrected chi connectivity index (χ3v) is 6.23. The molecule has 2 aromatic heterocycles. The van der Waals surface area contributed by atoms with Gasteiger partial charge in [-0.05, 0) is 30.7 Å². The molecular weight excluding hydrogens is 457 g/mol. The van der Waals surface area contributed by atoms with Crippen LogP contribution >= 0.6 is 35.3 Å². The van der Waals surface area contributed by atoms with E-state index in [1.165, 1.54) is 37.0 Å². The van der Waals surface area contributed by atoms with Gasteiger partial charge in [0.2, 0.25) is 0 Å². The molecule has 2 N–H and O–H groups in total. The molecule has 0 atom stereocenters. The number of hydrogen-bond donors (Lipinski definition) is 2. The average Bonchev–Trinajstić information content (AvgIpc) is 3.36. The van der Waals surface area contributed by atoms with E-state index in [-0.39, 0.29) is 29.4 Å². The highest BCUT2D eigenvalue weighted by Gasteiger charge is 2.34.